The number of hydrogen-bond donors (Lipinski definition) is 3. The molecule has 1 aliphatic rings. The number of aryl methyl sites for hydroxylation is 1. The van der Waals surface area contributed by atoms with Crippen molar-refractivity contribution < 1.29 is 39.2 Å². The van der Waals surface area contributed by atoms with Crippen molar-refractivity contribution in [3.8, 4) is 11.5 Å². The number of amides is 1. The van der Waals surface area contributed by atoms with Gasteiger partial charge in [0.05, 0.1) is 28.3 Å². The van der Waals surface area contributed by atoms with Gasteiger partial charge in [-0.15, -0.1) is 0 Å². The zero-order valence-electron chi connectivity index (χ0n) is 25.8. The third-order valence-corrected chi connectivity index (χ3v) is 8.26. The topological polar surface area (TPSA) is 141 Å². The fourth-order valence-electron chi connectivity index (χ4n) is 5.90. The molecule has 46 heavy (non-hydrogen) atoms. The van der Waals surface area contributed by atoms with Gasteiger partial charge in [0.15, 0.2) is 0 Å². The number of ether oxygens (including phenoxy) is 1. The Hall–Kier alpha value is -5.44. The van der Waals surface area contributed by atoms with E-state index < -0.39 is 52.1 Å². The summed E-state index contributed by atoms with van der Waals surface area (Å²) in [5.41, 5.74) is 1.49. The number of rotatable bonds is 9. The van der Waals surface area contributed by atoms with E-state index in [0.717, 1.165) is 36.1 Å². The molecule has 4 aromatic carbocycles. The summed E-state index contributed by atoms with van der Waals surface area (Å²) < 4.78 is 6.14. The molecule has 0 saturated carbocycles. The maximum atomic E-state index is 14.4. The second-order valence-electron chi connectivity index (χ2n) is 12.4. The van der Waals surface area contributed by atoms with E-state index in [1.165, 1.54) is 5.56 Å². The molecular weight excluding hydrogens is 586 g/mol. The van der Waals surface area contributed by atoms with Gasteiger partial charge in [-0.1, -0.05) is 69.3 Å². The lowest BCUT2D eigenvalue weighted by Crippen LogP contribution is -2.37. The lowest BCUT2D eigenvalue weighted by Gasteiger charge is -2.36. The van der Waals surface area contributed by atoms with Crippen LogP contribution in [0.1, 0.15) is 103 Å². The van der Waals surface area contributed by atoms with Crippen LogP contribution in [-0.2, 0) is 18.4 Å². The highest BCUT2D eigenvalue weighted by molar-refractivity contribution is 6.10. The quantitative estimate of drug-likeness (QED) is 0.174. The number of carbonyl (C=O) groups is 4. The highest BCUT2D eigenvalue weighted by Gasteiger charge is 2.34. The van der Waals surface area contributed by atoms with Crippen LogP contribution in [0.25, 0.3) is 0 Å². The molecule has 1 amide bonds. The smallest absolute Gasteiger partial charge is 0.336 e. The predicted octanol–water partition coefficient (Wildman–Crippen LogP) is 7.59. The van der Waals surface area contributed by atoms with Gasteiger partial charge in [0.25, 0.3) is 5.91 Å². The van der Waals surface area contributed by atoms with Crippen molar-refractivity contribution in [3.63, 3.8) is 0 Å². The molecule has 4 aromatic rings. The fraction of sp³-hybridized carbons (Fsp3) is 0.243. The fourth-order valence-corrected chi connectivity index (χ4v) is 5.90. The summed E-state index contributed by atoms with van der Waals surface area (Å²) >= 11 is 0. The van der Waals surface area contributed by atoms with Gasteiger partial charge in [0, 0.05) is 6.54 Å². The number of nitrogens with zero attached hydrogens (tertiary/aromatic N) is 1. The van der Waals surface area contributed by atoms with Crippen molar-refractivity contribution in [2.45, 2.75) is 58.0 Å². The maximum absolute atomic E-state index is 14.4. The van der Waals surface area contributed by atoms with Gasteiger partial charge in [0.2, 0.25) is 0 Å². The van der Waals surface area contributed by atoms with Gasteiger partial charge in [0.1, 0.15) is 11.5 Å². The van der Waals surface area contributed by atoms with Crippen molar-refractivity contribution in [3.05, 3.63) is 129 Å². The van der Waals surface area contributed by atoms with Crippen LogP contribution >= 0.6 is 0 Å². The number of aromatic carboxylic acids is 3. The van der Waals surface area contributed by atoms with E-state index in [9.17, 15) is 34.5 Å². The first-order valence-corrected chi connectivity index (χ1v) is 15.0. The average Bonchev–Trinajstić information content (AvgIpc) is 3.02. The van der Waals surface area contributed by atoms with E-state index in [-0.39, 0.29) is 12.0 Å². The number of fused-ring (bicyclic) bond motifs is 1. The van der Waals surface area contributed by atoms with E-state index >= 15 is 0 Å². The molecule has 0 spiro atoms. The minimum Gasteiger partial charge on any atom is -0.478 e. The molecule has 0 aliphatic heterocycles. The molecule has 9 heteroatoms. The monoisotopic (exact) mass is 621 g/mol. The summed E-state index contributed by atoms with van der Waals surface area (Å²) in [5.74, 6) is -4.27. The Balaban J connectivity index is 1.56. The van der Waals surface area contributed by atoms with Crippen LogP contribution in [0.3, 0.4) is 0 Å². The molecule has 0 aromatic heterocycles. The van der Waals surface area contributed by atoms with Crippen LogP contribution in [0.15, 0.2) is 84.9 Å². The van der Waals surface area contributed by atoms with Gasteiger partial charge >= 0.3 is 17.9 Å². The first-order chi connectivity index (χ1) is 21.8. The van der Waals surface area contributed by atoms with E-state index in [4.69, 9.17) is 4.74 Å². The second kappa shape index (κ2) is 12.9. The SMILES string of the molecule is CC(C)(C)c1ccc(Oc2cccc(CN(C(=O)c3cc(C(=O)O)c(C(=O)O)cc3C(=O)O)[C@H]3CCCc4ccccc43)c2)cc1. The lowest BCUT2D eigenvalue weighted by atomic mass is 9.86. The molecule has 0 bridgehead atoms. The normalized spacial score (nSPS) is 14.2. The molecule has 3 N–H and O–H groups in total. The van der Waals surface area contributed by atoms with Gasteiger partial charge < -0.3 is 25.0 Å². The van der Waals surface area contributed by atoms with Crippen LogP contribution < -0.4 is 4.74 Å². The minimum atomic E-state index is -1.61. The molecule has 0 fully saturated rings. The molecule has 1 aliphatic carbocycles. The molecule has 1 atom stereocenters. The summed E-state index contributed by atoms with van der Waals surface area (Å²) in [4.78, 5) is 52.1. The van der Waals surface area contributed by atoms with Crippen LogP contribution in [0.5, 0.6) is 11.5 Å². The number of carboxylic acid groups (broad SMARTS) is 3. The summed E-state index contributed by atoms with van der Waals surface area (Å²) in [6, 6.07) is 24.0. The van der Waals surface area contributed by atoms with E-state index in [1.54, 1.807) is 23.1 Å². The van der Waals surface area contributed by atoms with Gasteiger partial charge in [-0.25, -0.2) is 14.4 Å². The van der Waals surface area contributed by atoms with E-state index in [1.807, 2.05) is 54.6 Å². The Labute approximate surface area is 266 Å². The van der Waals surface area contributed by atoms with Crippen molar-refractivity contribution in [2.24, 2.45) is 0 Å². The number of carboxylic acids is 3. The van der Waals surface area contributed by atoms with Crippen molar-refractivity contribution >= 4 is 23.8 Å². The third-order valence-electron chi connectivity index (χ3n) is 8.26. The Bertz CT molecular complexity index is 1820. The summed E-state index contributed by atoms with van der Waals surface area (Å²) in [5, 5.41) is 29.3. The van der Waals surface area contributed by atoms with Crippen molar-refractivity contribution in [2.75, 3.05) is 0 Å². The lowest BCUT2D eigenvalue weighted by molar-refractivity contribution is 0.0611. The molecule has 0 unspecified atom stereocenters. The largest absolute Gasteiger partial charge is 0.478 e. The number of benzene rings is 4. The van der Waals surface area contributed by atoms with Gasteiger partial charge in [-0.3, -0.25) is 4.79 Å². The van der Waals surface area contributed by atoms with Crippen LogP contribution in [0.2, 0.25) is 0 Å². The zero-order chi connectivity index (χ0) is 33.2. The Morgan fingerprint density at radius 1 is 0.739 bits per heavy atom. The van der Waals surface area contributed by atoms with Gasteiger partial charge in [-0.05, 0) is 83.3 Å². The predicted molar refractivity (Wildman–Crippen MR) is 171 cm³/mol. The molecule has 236 valence electrons. The molecule has 9 nitrogen and oxygen atoms in total. The van der Waals surface area contributed by atoms with Crippen molar-refractivity contribution in [1.82, 2.24) is 4.90 Å². The van der Waals surface area contributed by atoms with Crippen LogP contribution in [-0.4, -0.2) is 44.0 Å². The zero-order valence-corrected chi connectivity index (χ0v) is 25.8. The highest BCUT2D eigenvalue weighted by atomic mass is 16.5. The highest BCUT2D eigenvalue weighted by Crippen LogP contribution is 2.37. The first-order valence-electron chi connectivity index (χ1n) is 15.0. The summed E-state index contributed by atoms with van der Waals surface area (Å²) in [6.07, 6.45) is 2.20. The summed E-state index contributed by atoms with van der Waals surface area (Å²) in [7, 11) is 0. The van der Waals surface area contributed by atoms with E-state index in [2.05, 4.69) is 20.8 Å². The molecule has 5 rings (SSSR count). The Kier molecular flexibility index (Phi) is 8.96. The van der Waals surface area contributed by atoms with E-state index in [0.29, 0.717) is 23.5 Å². The number of carbonyl (C=O) groups excluding carboxylic acids is 1. The third kappa shape index (κ3) is 6.78. The van der Waals surface area contributed by atoms with Crippen molar-refractivity contribution in [1.29, 1.82) is 0 Å². The summed E-state index contributed by atoms with van der Waals surface area (Å²) in [6.45, 7) is 6.45. The standard InChI is InChI=1S/C37H35NO8/c1-37(2,3)24-14-16-25(17-15-24)46-26-11-6-8-22(18-26)21-38(32-13-7-10-23-9-4-5-12-27(23)32)33(39)28-19-30(35(42)43)31(36(44)45)20-29(28)34(40)41/h4-6,8-9,11-12,14-20,32H,7,10,13,21H2,1-3H3,(H,40,41)(H,42,43)(H,44,45)/t32-/m0/s1. The van der Waals surface area contributed by atoms with Crippen LogP contribution in [0.4, 0.5) is 0 Å². The molecule has 0 heterocycles. The Morgan fingerprint density at radius 3 is 1.98 bits per heavy atom. The minimum absolute atomic E-state index is 0.00808. The number of hydrogen-bond acceptors (Lipinski definition) is 5. The molecule has 0 radical (unpaired) electrons. The van der Waals surface area contributed by atoms with Crippen LogP contribution in [0, 0.1) is 0 Å². The Morgan fingerprint density at radius 2 is 1.35 bits per heavy atom. The first kappa shape index (κ1) is 32.0. The average molecular weight is 622 g/mol. The molecular formula is C37H35NO8. The maximum Gasteiger partial charge on any atom is 0.336 e. The molecule has 0 saturated heterocycles. The second-order valence-corrected chi connectivity index (χ2v) is 12.4. The van der Waals surface area contributed by atoms with Gasteiger partial charge in [-0.2, -0.15) is 0 Å².